The van der Waals surface area contributed by atoms with Crippen LogP contribution in [0.15, 0.2) is 59.8 Å². The molecule has 0 aromatic heterocycles. The van der Waals surface area contributed by atoms with Crippen LogP contribution in [0.4, 0.5) is 0 Å². The maximum Gasteiger partial charge on any atom is 0.193 e. The largest absolute Gasteiger partial charge is 0.493 e. The number of allylic oxidation sites excluding steroid dienone is 1. The highest BCUT2D eigenvalue weighted by Gasteiger charge is 2.30. The number of ether oxygens (including phenoxy) is 2. The van der Waals surface area contributed by atoms with Gasteiger partial charge in [-0.3, -0.25) is 4.79 Å². The number of ketones is 1. The predicted octanol–water partition coefficient (Wildman–Crippen LogP) is 3.38. The van der Waals surface area contributed by atoms with Gasteiger partial charge in [0.15, 0.2) is 22.4 Å². The molecule has 0 amide bonds. The van der Waals surface area contributed by atoms with E-state index in [0.717, 1.165) is 11.3 Å². The average Bonchev–Trinajstić information content (AvgIpc) is 2.67. The minimum absolute atomic E-state index is 0.0506. The molecule has 2 aromatic carbocycles. The van der Waals surface area contributed by atoms with Crippen LogP contribution in [0.25, 0.3) is 0 Å². The minimum atomic E-state index is -0.378. The summed E-state index contributed by atoms with van der Waals surface area (Å²) in [5.74, 6) is 1.18. The fourth-order valence-corrected chi connectivity index (χ4v) is 3.29. The van der Waals surface area contributed by atoms with Gasteiger partial charge in [-0.05, 0) is 36.8 Å². The van der Waals surface area contributed by atoms with Crippen molar-refractivity contribution in [1.82, 2.24) is 10.6 Å². The zero-order chi connectivity index (χ0) is 18.7. The van der Waals surface area contributed by atoms with Gasteiger partial charge in [0.25, 0.3) is 0 Å². The molecule has 0 saturated carbocycles. The molecule has 2 aromatic rings. The van der Waals surface area contributed by atoms with E-state index >= 15 is 0 Å². The topological polar surface area (TPSA) is 59.6 Å². The molecule has 1 atom stereocenters. The van der Waals surface area contributed by atoms with Crippen LogP contribution in [0.3, 0.4) is 0 Å². The lowest BCUT2D eigenvalue weighted by molar-refractivity contribution is 0.102. The lowest BCUT2D eigenvalue weighted by Crippen LogP contribution is -2.44. The summed E-state index contributed by atoms with van der Waals surface area (Å²) in [7, 11) is 3.17. The van der Waals surface area contributed by atoms with Gasteiger partial charge in [0, 0.05) is 16.8 Å². The zero-order valence-electron chi connectivity index (χ0n) is 14.8. The second-order valence-electron chi connectivity index (χ2n) is 5.88. The first-order chi connectivity index (χ1) is 12.5. The van der Waals surface area contributed by atoms with Gasteiger partial charge < -0.3 is 20.1 Å². The second-order valence-corrected chi connectivity index (χ2v) is 6.29. The maximum atomic E-state index is 13.1. The smallest absolute Gasteiger partial charge is 0.193 e. The van der Waals surface area contributed by atoms with E-state index in [-0.39, 0.29) is 11.8 Å². The number of thiocarbonyl (C=S) groups is 1. The van der Waals surface area contributed by atoms with Gasteiger partial charge in [-0.1, -0.05) is 36.4 Å². The Morgan fingerprint density at radius 3 is 2.38 bits per heavy atom. The van der Waals surface area contributed by atoms with Crippen molar-refractivity contribution in [3.05, 3.63) is 70.9 Å². The van der Waals surface area contributed by atoms with Crippen LogP contribution >= 0.6 is 12.2 Å². The summed E-state index contributed by atoms with van der Waals surface area (Å²) in [6, 6.07) is 14.4. The van der Waals surface area contributed by atoms with Crippen molar-refractivity contribution in [2.75, 3.05) is 14.2 Å². The Bertz CT molecular complexity index is 878. The summed E-state index contributed by atoms with van der Waals surface area (Å²) in [6.45, 7) is 1.86. The van der Waals surface area contributed by atoms with E-state index in [4.69, 9.17) is 21.7 Å². The number of hydrogen-bond donors (Lipinski definition) is 2. The van der Waals surface area contributed by atoms with Crippen LogP contribution in [-0.4, -0.2) is 25.1 Å². The third-order valence-corrected chi connectivity index (χ3v) is 4.51. The van der Waals surface area contributed by atoms with Crippen LogP contribution in [0, 0.1) is 0 Å². The average molecular weight is 368 g/mol. The number of carbonyl (C=O) groups excluding carboxylic acids is 1. The van der Waals surface area contributed by atoms with E-state index in [1.165, 1.54) is 0 Å². The first-order valence-corrected chi connectivity index (χ1v) is 8.56. The molecule has 0 spiro atoms. The standard InChI is InChI=1S/C20H20N2O3S/c1-12-17(19(23)13-7-5-4-6-8-13)18(22-20(26)21-12)14-9-10-15(24-2)16(11-14)25-3/h4-11,18H,1-3H3,(H2,21,22,26)/t18-/m1/s1. The number of hydrogen-bond acceptors (Lipinski definition) is 4. The van der Waals surface area contributed by atoms with Gasteiger partial charge >= 0.3 is 0 Å². The van der Waals surface area contributed by atoms with Gasteiger partial charge in [-0.25, -0.2) is 0 Å². The number of benzene rings is 2. The highest BCUT2D eigenvalue weighted by atomic mass is 32.1. The number of nitrogens with one attached hydrogen (secondary N) is 2. The molecule has 3 rings (SSSR count). The van der Waals surface area contributed by atoms with Crippen molar-refractivity contribution >= 4 is 23.1 Å². The lowest BCUT2D eigenvalue weighted by atomic mass is 9.89. The molecular weight excluding hydrogens is 348 g/mol. The molecule has 0 bridgehead atoms. The van der Waals surface area contributed by atoms with Gasteiger partial charge in [-0.2, -0.15) is 0 Å². The Balaban J connectivity index is 2.07. The number of Topliss-reactive ketones (excluding diaryl/α,β-unsaturated/α-hetero) is 1. The molecule has 134 valence electrons. The quantitative estimate of drug-likeness (QED) is 0.623. The predicted molar refractivity (Wildman–Crippen MR) is 105 cm³/mol. The molecule has 1 heterocycles. The van der Waals surface area contributed by atoms with Gasteiger partial charge in [0.2, 0.25) is 0 Å². The summed E-state index contributed by atoms with van der Waals surface area (Å²) in [6.07, 6.45) is 0. The van der Waals surface area contributed by atoms with E-state index in [1.54, 1.807) is 26.4 Å². The number of rotatable bonds is 5. The van der Waals surface area contributed by atoms with Crippen molar-refractivity contribution in [3.8, 4) is 11.5 Å². The van der Waals surface area contributed by atoms with Gasteiger partial charge in [0.1, 0.15) is 0 Å². The van der Waals surface area contributed by atoms with Crippen LogP contribution in [0.5, 0.6) is 11.5 Å². The SMILES string of the molecule is COc1ccc([C@H]2NC(=S)NC(C)=C2C(=O)c2ccccc2)cc1OC. The Labute approximate surface area is 158 Å². The Kier molecular flexibility index (Phi) is 5.23. The first kappa shape index (κ1) is 17.9. The molecule has 1 aliphatic heterocycles. The first-order valence-electron chi connectivity index (χ1n) is 8.15. The van der Waals surface area contributed by atoms with E-state index in [0.29, 0.717) is 27.7 Å². The molecule has 0 saturated heterocycles. The lowest BCUT2D eigenvalue weighted by Gasteiger charge is -2.30. The van der Waals surface area contributed by atoms with E-state index < -0.39 is 0 Å². The van der Waals surface area contributed by atoms with Crippen molar-refractivity contribution in [3.63, 3.8) is 0 Å². The van der Waals surface area contributed by atoms with Crippen molar-refractivity contribution < 1.29 is 14.3 Å². The molecule has 0 aliphatic carbocycles. The fraction of sp³-hybridized carbons (Fsp3) is 0.200. The highest BCUT2D eigenvalue weighted by molar-refractivity contribution is 7.80. The molecular formula is C20H20N2O3S. The van der Waals surface area contributed by atoms with Crippen LogP contribution in [0.2, 0.25) is 0 Å². The fourth-order valence-electron chi connectivity index (χ4n) is 3.02. The van der Waals surface area contributed by atoms with Crippen LogP contribution in [-0.2, 0) is 0 Å². The van der Waals surface area contributed by atoms with Crippen LogP contribution in [0.1, 0.15) is 28.9 Å². The van der Waals surface area contributed by atoms with Gasteiger partial charge in [0.05, 0.1) is 20.3 Å². The van der Waals surface area contributed by atoms with Gasteiger partial charge in [-0.15, -0.1) is 0 Å². The Hall–Kier alpha value is -2.86. The van der Waals surface area contributed by atoms with E-state index in [1.807, 2.05) is 43.3 Å². The summed E-state index contributed by atoms with van der Waals surface area (Å²) in [4.78, 5) is 13.1. The molecule has 2 N–H and O–H groups in total. The van der Waals surface area contributed by atoms with Crippen LogP contribution < -0.4 is 20.1 Å². The monoisotopic (exact) mass is 368 g/mol. The highest BCUT2D eigenvalue weighted by Crippen LogP contribution is 2.35. The Morgan fingerprint density at radius 2 is 1.73 bits per heavy atom. The molecule has 6 heteroatoms. The number of methoxy groups -OCH3 is 2. The normalized spacial score (nSPS) is 16.6. The second kappa shape index (κ2) is 7.58. The maximum absolute atomic E-state index is 13.1. The number of carbonyl (C=O) groups is 1. The van der Waals surface area contributed by atoms with Crippen molar-refractivity contribution in [1.29, 1.82) is 0 Å². The summed E-state index contributed by atoms with van der Waals surface area (Å²) in [5, 5.41) is 6.73. The summed E-state index contributed by atoms with van der Waals surface area (Å²) >= 11 is 5.30. The van der Waals surface area contributed by atoms with E-state index in [2.05, 4.69) is 10.6 Å². The zero-order valence-corrected chi connectivity index (χ0v) is 15.6. The van der Waals surface area contributed by atoms with Crippen molar-refractivity contribution in [2.45, 2.75) is 13.0 Å². The molecule has 5 nitrogen and oxygen atoms in total. The third kappa shape index (κ3) is 3.41. The Morgan fingerprint density at radius 1 is 1.04 bits per heavy atom. The molecule has 0 radical (unpaired) electrons. The molecule has 0 unspecified atom stereocenters. The summed E-state index contributed by atoms with van der Waals surface area (Å²) < 4.78 is 10.7. The third-order valence-electron chi connectivity index (χ3n) is 4.29. The van der Waals surface area contributed by atoms with Crippen molar-refractivity contribution in [2.24, 2.45) is 0 Å². The molecule has 1 aliphatic rings. The summed E-state index contributed by atoms with van der Waals surface area (Å²) in [5.41, 5.74) is 2.85. The minimum Gasteiger partial charge on any atom is -0.493 e. The van der Waals surface area contributed by atoms with E-state index in [9.17, 15) is 4.79 Å². The molecule has 26 heavy (non-hydrogen) atoms. The molecule has 0 fully saturated rings.